The maximum atomic E-state index is 12.9. The Morgan fingerprint density at radius 1 is 1.14 bits per heavy atom. The SMILES string of the molecule is O=S(=O)(Cc1ccc(F)cc1)N(Cc1cccnc1)C1CC1. The van der Waals surface area contributed by atoms with Gasteiger partial charge in [0.15, 0.2) is 0 Å². The van der Waals surface area contributed by atoms with Gasteiger partial charge in [-0.3, -0.25) is 4.98 Å². The first-order valence-electron chi connectivity index (χ1n) is 7.17. The summed E-state index contributed by atoms with van der Waals surface area (Å²) in [5.74, 6) is -0.472. The zero-order chi connectivity index (χ0) is 15.6. The molecule has 1 aliphatic rings. The molecule has 0 atom stereocenters. The van der Waals surface area contributed by atoms with Crippen LogP contribution >= 0.6 is 0 Å². The normalized spacial score (nSPS) is 15.2. The van der Waals surface area contributed by atoms with E-state index in [2.05, 4.69) is 4.98 Å². The second-order valence-corrected chi connectivity index (χ2v) is 7.44. The molecule has 116 valence electrons. The van der Waals surface area contributed by atoms with Gasteiger partial charge in [-0.15, -0.1) is 0 Å². The quantitative estimate of drug-likeness (QED) is 0.822. The molecule has 2 aromatic rings. The fraction of sp³-hybridized carbons (Fsp3) is 0.312. The summed E-state index contributed by atoms with van der Waals surface area (Å²) in [5.41, 5.74) is 1.47. The molecular formula is C16H17FN2O2S. The van der Waals surface area contributed by atoms with Gasteiger partial charge in [0, 0.05) is 25.0 Å². The number of pyridine rings is 1. The lowest BCUT2D eigenvalue weighted by molar-refractivity contribution is 0.397. The fourth-order valence-electron chi connectivity index (χ4n) is 2.36. The van der Waals surface area contributed by atoms with Crippen LogP contribution in [0.5, 0.6) is 0 Å². The highest BCUT2D eigenvalue weighted by molar-refractivity contribution is 7.88. The highest BCUT2D eigenvalue weighted by Crippen LogP contribution is 2.32. The van der Waals surface area contributed by atoms with Gasteiger partial charge < -0.3 is 0 Å². The van der Waals surface area contributed by atoms with E-state index in [4.69, 9.17) is 0 Å². The van der Waals surface area contributed by atoms with Crippen molar-refractivity contribution < 1.29 is 12.8 Å². The molecule has 1 fully saturated rings. The molecule has 22 heavy (non-hydrogen) atoms. The second kappa shape index (κ2) is 6.14. The van der Waals surface area contributed by atoms with Gasteiger partial charge in [0.1, 0.15) is 5.82 Å². The molecule has 0 radical (unpaired) electrons. The summed E-state index contributed by atoms with van der Waals surface area (Å²) >= 11 is 0. The molecule has 1 aromatic carbocycles. The lowest BCUT2D eigenvalue weighted by Gasteiger charge is -2.22. The zero-order valence-corrected chi connectivity index (χ0v) is 12.8. The van der Waals surface area contributed by atoms with Crippen molar-refractivity contribution in [3.05, 3.63) is 65.7 Å². The summed E-state index contributed by atoms with van der Waals surface area (Å²) < 4.78 is 39.9. The average molecular weight is 320 g/mol. The van der Waals surface area contributed by atoms with Crippen LogP contribution < -0.4 is 0 Å². The maximum Gasteiger partial charge on any atom is 0.218 e. The molecule has 1 aromatic heterocycles. The number of sulfonamides is 1. The van der Waals surface area contributed by atoms with Crippen molar-refractivity contribution in [2.45, 2.75) is 31.2 Å². The standard InChI is InChI=1S/C16H17FN2O2S/c17-15-5-3-13(4-6-15)12-22(20,21)19(16-7-8-16)11-14-2-1-9-18-10-14/h1-6,9-10,16H,7-8,11-12H2. The largest absolute Gasteiger partial charge is 0.264 e. The van der Waals surface area contributed by atoms with Gasteiger partial charge in [0.2, 0.25) is 10.0 Å². The van der Waals surface area contributed by atoms with Crippen LogP contribution in [-0.2, 0) is 22.3 Å². The monoisotopic (exact) mass is 320 g/mol. The van der Waals surface area contributed by atoms with E-state index in [1.165, 1.54) is 24.3 Å². The predicted molar refractivity (Wildman–Crippen MR) is 81.8 cm³/mol. The minimum absolute atomic E-state index is 0.0747. The Labute approximate surface area is 129 Å². The van der Waals surface area contributed by atoms with Gasteiger partial charge in [-0.25, -0.2) is 12.8 Å². The number of nitrogens with zero attached hydrogens (tertiary/aromatic N) is 2. The Kier molecular flexibility index (Phi) is 4.22. The maximum absolute atomic E-state index is 12.9. The summed E-state index contributed by atoms with van der Waals surface area (Å²) in [5, 5.41) is 0. The summed E-state index contributed by atoms with van der Waals surface area (Å²) in [7, 11) is -3.44. The van der Waals surface area contributed by atoms with Crippen LogP contribution in [0.2, 0.25) is 0 Å². The average Bonchev–Trinajstić information content (AvgIpc) is 3.32. The van der Waals surface area contributed by atoms with Crippen LogP contribution in [-0.4, -0.2) is 23.7 Å². The molecule has 0 amide bonds. The Bertz CT molecular complexity index is 729. The molecule has 0 bridgehead atoms. The van der Waals surface area contributed by atoms with E-state index in [0.717, 1.165) is 18.4 Å². The molecule has 1 heterocycles. The summed E-state index contributed by atoms with van der Waals surface area (Å²) in [6, 6.07) is 9.35. The number of aromatic nitrogens is 1. The Morgan fingerprint density at radius 3 is 2.45 bits per heavy atom. The molecule has 3 rings (SSSR count). The van der Waals surface area contributed by atoms with Gasteiger partial charge >= 0.3 is 0 Å². The van der Waals surface area contributed by atoms with Crippen LogP contribution in [0.1, 0.15) is 24.0 Å². The predicted octanol–water partition coefficient (Wildman–Crippen LogP) is 2.72. The molecule has 0 unspecified atom stereocenters. The van der Waals surface area contributed by atoms with Gasteiger partial charge in [0.05, 0.1) is 5.75 Å². The third kappa shape index (κ3) is 3.69. The van der Waals surface area contributed by atoms with Crippen LogP contribution in [0.25, 0.3) is 0 Å². The molecular weight excluding hydrogens is 303 g/mol. The number of halogens is 1. The van der Waals surface area contributed by atoms with Crippen LogP contribution in [0.15, 0.2) is 48.8 Å². The van der Waals surface area contributed by atoms with Crippen LogP contribution in [0.4, 0.5) is 4.39 Å². The Hall–Kier alpha value is -1.79. The van der Waals surface area contributed by atoms with E-state index in [0.29, 0.717) is 12.1 Å². The number of hydrogen-bond donors (Lipinski definition) is 0. The van der Waals surface area contributed by atoms with Crippen molar-refractivity contribution in [1.29, 1.82) is 0 Å². The van der Waals surface area contributed by atoms with Crippen molar-refractivity contribution in [2.24, 2.45) is 0 Å². The Morgan fingerprint density at radius 2 is 1.86 bits per heavy atom. The molecule has 0 saturated heterocycles. The highest BCUT2D eigenvalue weighted by atomic mass is 32.2. The van der Waals surface area contributed by atoms with Crippen molar-refractivity contribution in [3.63, 3.8) is 0 Å². The minimum atomic E-state index is -3.44. The molecule has 1 saturated carbocycles. The van der Waals surface area contributed by atoms with Crippen LogP contribution in [0.3, 0.4) is 0 Å². The first-order valence-corrected chi connectivity index (χ1v) is 8.78. The van der Waals surface area contributed by atoms with Gasteiger partial charge in [0.25, 0.3) is 0 Å². The summed E-state index contributed by atoms with van der Waals surface area (Å²) in [6.07, 6.45) is 5.13. The van der Waals surface area contributed by atoms with Crippen molar-refractivity contribution >= 4 is 10.0 Å². The first kappa shape index (κ1) is 15.1. The van der Waals surface area contributed by atoms with E-state index in [1.807, 2.05) is 6.07 Å². The van der Waals surface area contributed by atoms with E-state index in [-0.39, 0.29) is 17.6 Å². The lowest BCUT2D eigenvalue weighted by atomic mass is 10.2. The number of benzene rings is 1. The molecule has 4 nitrogen and oxygen atoms in total. The van der Waals surface area contributed by atoms with E-state index in [9.17, 15) is 12.8 Å². The molecule has 0 aliphatic heterocycles. The second-order valence-electron chi connectivity index (χ2n) is 5.52. The lowest BCUT2D eigenvalue weighted by Crippen LogP contribution is -2.33. The van der Waals surface area contributed by atoms with Crippen molar-refractivity contribution in [1.82, 2.24) is 9.29 Å². The van der Waals surface area contributed by atoms with E-state index in [1.54, 1.807) is 22.8 Å². The number of rotatable bonds is 6. The van der Waals surface area contributed by atoms with Gasteiger partial charge in [-0.1, -0.05) is 18.2 Å². The third-order valence-corrected chi connectivity index (χ3v) is 5.47. The highest BCUT2D eigenvalue weighted by Gasteiger charge is 2.37. The minimum Gasteiger partial charge on any atom is -0.264 e. The zero-order valence-electron chi connectivity index (χ0n) is 12.0. The van der Waals surface area contributed by atoms with Crippen LogP contribution in [0, 0.1) is 5.82 Å². The third-order valence-electron chi connectivity index (χ3n) is 3.63. The van der Waals surface area contributed by atoms with Crippen molar-refractivity contribution in [3.8, 4) is 0 Å². The molecule has 0 spiro atoms. The van der Waals surface area contributed by atoms with Gasteiger partial charge in [-0.2, -0.15) is 4.31 Å². The molecule has 1 aliphatic carbocycles. The topological polar surface area (TPSA) is 50.3 Å². The van der Waals surface area contributed by atoms with E-state index < -0.39 is 10.0 Å². The molecule has 6 heteroatoms. The summed E-state index contributed by atoms with van der Waals surface area (Å²) in [4.78, 5) is 4.03. The fourth-order valence-corrected chi connectivity index (χ4v) is 4.15. The summed E-state index contributed by atoms with van der Waals surface area (Å²) in [6.45, 7) is 0.335. The Balaban J connectivity index is 1.79. The number of hydrogen-bond acceptors (Lipinski definition) is 3. The van der Waals surface area contributed by atoms with Crippen molar-refractivity contribution in [2.75, 3.05) is 0 Å². The van der Waals surface area contributed by atoms with Gasteiger partial charge in [-0.05, 0) is 42.2 Å². The van der Waals surface area contributed by atoms with E-state index >= 15 is 0 Å². The first-order chi connectivity index (χ1) is 10.5. The smallest absolute Gasteiger partial charge is 0.218 e. The molecule has 0 N–H and O–H groups in total.